The normalized spacial score (nSPS) is 10.7. The van der Waals surface area contributed by atoms with Crippen molar-refractivity contribution < 1.29 is 4.79 Å². The molecule has 0 atom stereocenters. The summed E-state index contributed by atoms with van der Waals surface area (Å²) in [7, 11) is 1.82. The van der Waals surface area contributed by atoms with Crippen molar-refractivity contribution in [2.24, 2.45) is 12.8 Å². The number of nitrogens with one attached hydrogen (secondary N) is 1. The lowest BCUT2D eigenvalue weighted by Gasteiger charge is -2.03. The molecule has 0 aliphatic heterocycles. The molecule has 2 heterocycles. The first-order valence-corrected chi connectivity index (χ1v) is 6.03. The fraction of sp³-hybridized carbons (Fsp3) is 0.455. The van der Waals surface area contributed by atoms with Crippen molar-refractivity contribution in [2.45, 2.75) is 26.4 Å². The molecule has 0 aromatic carbocycles. The SMILES string of the molecule is CCc1nn(C)cc1NC(=O)Cn1cc(CN)nn1. The minimum Gasteiger partial charge on any atom is -0.325 e. The van der Waals surface area contributed by atoms with Gasteiger partial charge in [-0.1, -0.05) is 12.1 Å². The van der Waals surface area contributed by atoms with Crippen LogP contribution < -0.4 is 11.1 Å². The third-order valence-corrected chi connectivity index (χ3v) is 2.62. The lowest BCUT2D eigenvalue weighted by atomic mass is 10.3. The van der Waals surface area contributed by atoms with E-state index >= 15 is 0 Å². The number of rotatable bonds is 5. The highest BCUT2D eigenvalue weighted by Gasteiger charge is 2.10. The molecule has 8 heteroatoms. The summed E-state index contributed by atoms with van der Waals surface area (Å²) in [6.07, 6.45) is 4.20. The maximum atomic E-state index is 11.9. The topological polar surface area (TPSA) is 104 Å². The average Bonchev–Trinajstić information content (AvgIpc) is 2.95. The van der Waals surface area contributed by atoms with E-state index < -0.39 is 0 Å². The molecule has 8 nitrogen and oxygen atoms in total. The number of nitrogens with two attached hydrogens (primary N) is 1. The van der Waals surface area contributed by atoms with Gasteiger partial charge in [0.15, 0.2) is 0 Å². The van der Waals surface area contributed by atoms with E-state index in [9.17, 15) is 4.79 Å². The lowest BCUT2D eigenvalue weighted by Crippen LogP contribution is -2.19. The number of carbonyl (C=O) groups is 1. The van der Waals surface area contributed by atoms with Crippen molar-refractivity contribution in [3.63, 3.8) is 0 Å². The van der Waals surface area contributed by atoms with E-state index in [4.69, 9.17) is 5.73 Å². The second-order valence-corrected chi connectivity index (χ2v) is 4.18. The minimum absolute atomic E-state index is 0.102. The Morgan fingerprint density at radius 2 is 2.26 bits per heavy atom. The largest absolute Gasteiger partial charge is 0.325 e. The predicted molar refractivity (Wildman–Crippen MR) is 69.1 cm³/mol. The van der Waals surface area contributed by atoms with Crippen LogP contribution in [0.25, 0.3) is 0 Å². The molecular weight excluding hydrogens is 246 g/mol. The second-order valence-electron chi connectivity index (χ2n) is 4.18. The third kappa shape index (κ3) is 3.16. The Labute approximate surface area is 110 Å². The summed E-state index contributed by atoms with van der Waals surface area (Å²) in [5.41, 5.74) is 7.68. The van der Waals surface area contributed by atoms with Crippen LogP contribution in [0.3, 0.4) is 0 Å². The second kappa shape index (κ2) is 5.61. The molecule has 3 N–H and O–H groups in total. The van der Waals surface area contributed by atoms with E-state index in [0.29, 0.717) is 12.2 Å². The summed E-state index contributed by atoms with van der Waals surface area (Å²) in [6.45, 7) is 2.40. The van der Waals surface area contributed by atoms with Gasteiger partial charge in [-0.25, -0.2) is 4.68 Å². The number of carbonyl (C=O) groups excluding carboxylic acids is 1. The van der Waals surface area contributed by atoms with Gasteiger partial charge in [0.25, 0.3) is 0 Å². The molecule has 0 bridgehead atoms. The molecule has 19 heavy (non-hydrogen) atoms. The van der Waals surface area contributed by atoms with Gasteiger partial charge in [-0.05, 0) is 6.42 Å². The first-order chi connectivity index (χ1) is 9.12. The van der Waals surface area contributed by atoms with Crippen LogP contribution in [0, 0.1) is 0 Å². The molecule has 2 aromatic heterocycles. The molecule has 2 rings (SSSR count). The van der Waals surface area contributed by atoms with E-state index in [1.165, 1.54) is 4.68 Å². The number of aromatic nitrogens is 5. The highest BCUT2D eigenvalue weighted by Crippen LogP contribution is 2.13. The summed E-state index contributed by atoms with van der Waals surface area (Å²) >= 11 is 0. The molecule has 0 spiro atoms. The van der Waals surface area contributed by atoms with Crippen molar-refractivity contribution in [3.8, 4) is 0 Å². The quantitative estimate of drug-likeness (QED) is 0.768. The van der Waals surface area contributed by atoms with Crippen molar-refractivity contribution >= 4 is 11.6 Å². The van der Waals surface area contributed by atoms with E-state index in [1.807, 2.05) is 14.0 Å². The zero-order chi connectivity index (χ0) is 13.8. The van der Waals surface area contributed by atoms with Crippen LogP contribution >= 0.6 is 0 Å². The zero-order valence-electron chi connectivity index (χ0n) is 11.0. The fourth-order valence-electron chi connectivity index (χ4n) is 1.75. The van der Waals surface area contributed by atoms with Crippen molar-refractivity contribution in [2.75, 3.05) is 5.32 Å². The maximum Gasteiger partial charge on any atom is 0.246 e. The number of nitrogens with zero attached hydrogens (tertiary/aromatic N) is 5. The first-order valence-electron chi connectivity index (χ1n) is 6.03. The number of anilines is 1. The highest BCUT2D eigenvalue weighted by atomic mass is 16.2. The maximum absolute atomic E-state index is 11.9. The molecule has 102 valence electrons. The van der Waals surface area contributed by atoms with Gasteiger partial charge in [0.05, 0.1) is 23.3 Å². The summed E-state index contributed by atoms with van der Waals surface area (Å²) in [5.74, 6) is -0.170. The van der Waals surface area contributed by atoms with E-state index in [-0.39, 0.29) is 12.5 Å². The van der Waals surface area contributed by atoms with Gasteiger partial charge < -0.3 is 11.1 Å². The molecule has 0 radical (unpaired) electrons. The van der Waals surface area contributed by atoms with Gasteiger partial charge >= 0.3 is 0 Å². The number of aryl methyl sites for hydroxylation is 2. The van der Waals surface area contributed by atoms with E-state index in [0.717, 1.165) is 17.8 Å². The van der Waals surface area contributed by atoms with Gasteiger partial charge in [-0.3, -0.25) is 9.48 Å². The molecule has 0 aliphatic rings. The monoisotopic (exact) mass is 263 g/mol. The van der Waals surface area contributed by atoms with Crippen LogP contribution in [0.15, 0.2) is 12.4 Å². The molecule has 1 amide bonds. The number of hydrogen-bond acceptors (Lipinski definition) is 5. The Balaban J connectivity index is 2.00. The molecule has 0 aliphatic carbocycles. The highest BCUT2D eigenvalue weighted by molar-refractivity contribution is 5.90. The Bertz CT molecular complexity index is 571. The summed E-state index contributed by atoms with van der Waals surface area (Å²) < 4.78 is 3.13. The van der Waals surface area contributed by atoms with E-state index in [1.54, 1.807) is 17.1 Å². The summed E-state index contributed by atoms with van der Waals surface area (Å²) in [6, 6.07) is 0. The Morgan fingerprint density at radius 3 is 2.89 bits per heavy atom. The molecule has 0 saturated heterocycles. The van der Waals surface area contributed by atoms with Gasteiger partial charge in [0.2, 0.25) is 5.91 Å². The van der Waals surface area contributed by atoms with Gasteiger partial charge in [0, 0.05) is 19.8 Å². The molecule has 0 unspecified atom stereocenters. The van der Waals surface area contributed by atoms with Crippen molar-refractivity contribution in [3.05, 3.63) is 23.8 Å². The van der Waals surface area contributed by atoms with Crippen LogP contribution in [-0.2, 0) is 31.4 Å². The first kappa shape index (κ1) is 13.2. The van der Waals surface area contributed by atoms with Crippen LogP contribution in [0.5, 0.6) is 0 Å². The van der Waals surface area contributed by atoms with Crippen LogP contribution in [0.4, 0.5) is 5.69 Å². The smallest absolute Gasteiger partial charge is 0.246 e. The zero-order valence-corrected chi connectivity index (χ0v) is 11.0. The predicted octanol–water partition coefficient (Wildman–Crippen LogP) is -0.329. The number of hydrogen-bond donors (Lipinski definition) is 2. The van der Waals surface area contributed by atoms with Crippen molar-refractivity contribution in [1.82, 2.24) is 24.8 Å². The van der Waals surface area contributed by atoms with Crippen LogP contribution in [0.2, 0.25) is 0 Å². The van der Waals surface area contributed by atoms with Crippen LogP contribution in [0.1, 0.15) is 18.3 Å². The standard InChI is InChI=1S/C11H17N7O/c1-3-9-10(6-17(2)15-9)13-11(19)7-18-5-8(4-12)14-16-18/h5-6H,3-4,7,12H2,1-2H3,(H,13,19). The van der Waals surface area contributed by atoms with Crippen LogP contribution in [-0.4, -0.2) is 30.7 Å². The van der Waals surface area contributed by atoms with Crippen molar-refractivity contribution in [1.29, 1.82) is 0 Å². The Kier molecular flexibility index (Phi) is 3.91. The third-order valence-electron chi connectivity index (χ3n) is 2.62. The van der Waals surface area contributed by atoms with Gasteiger partial charge in [0.1, 0.15) is 6.54 Å². The summed E-state index contributed by atoms with van der Waals surface area (Å²) in [4.78, 5) is 11.9. The molecule has 0 fully saturated rings. The van der Waals surface area contributed by atoms with Gasteiger partial charge in [-0.2, -0.15) is 5.10 Å². The summed E-state index contributed by atoms with van der Waals surface area (Å²) in [5, 5.41) is 14.7. The Hall–Kier alpha value is -2.22. The number of amides is 1. The minimum atomic E-state index is -0.170. The Morgan fingerprint density at radius 1 is 1.47 bits per heavy atom. The van der Waals surface area contributed by atoms with Gasteiger partial charge in [-0.15, -0.1) is 5.10 Å². The fourth-order valence-corrected chi connectivity index (χ4v) is 1.75. The van der Waals surface area contributed by atoms with E-state index in [2.05, 4.69) is 20.7 Å². The molecular formula is C11H17N7O. The molecule has 2 aromatic rings. The average molecular weight is 263 g/mol. The molecule has 0 saturated carbocycles. The lowest BCUT2D eigenvalue weighted by molar-refractivity contribution is -0.116.